The summed E-state index contributed by atoms with van der Waals surface area (Å²) in [6.07, 6.45) is -0.0226. The smallest absolute Gasteiger partial charge is 0.211 e. The Bertz CT molecular complexity index is 762. The zero-order chi connectivity index (χ0) is 15.7. The van der Waals surface area contributed by atoms with Crippen LogP contribution in [0.4, 0.5) is 5.69 Å². The van der Waals surface area contributed by atoms with Crippen molar-refractivity contribution < 1.29 is 9.53 Å². The van der Waals surface area contributed by atoms with E-state index in [2.05, 4.69) is 5.32 Å². The molecule has 0 saturated carbocycles. The molecule has 3 nitrogen and oxygen atoms in total. The molecular formula is C19H19NO2. The highest BCUT2D eigenvalue weighted by atomic mass is 16.5. The van der Waals surface area contributed by atoms with Gasteiger partial charge in [0, 0.05) is 18.4 Å². The van der Waals surface area contributed by atoms with Gasteiger partial charge in [0.05, 0.1) is 11.8 Å². The number of allylic oxidation sites excluding steroid dienone is 2. The van der Waals surface area contributed by atoms with E-state index < -0.39 is 0 Å². The Morgan fingerprint density at radius 1 is 1.09 bits per heavy atom. The van der Waals surface area contributed by atoms with E-state index in [4.69, 9.17) is 4.74 Å². The van der Waals surface area contributed by atoms with Gasteiger partial charge in [0.1, 0.15) is 0 Å². The third-order valence-corrected chi connectivity index (χ3v) is 4.19. The first kappa shape index (κ1) is 14.5. The van der Waals surface area contributed by atoms with Crippen LogP contribution in [-0.4, -0.2) is 12.9 Å². The summed E-state index contributed by atoms with van der Waals surface area (Å²) in [6, 6.07) is 15.6. The van der Waals surface area contributed by atoms with Crippen molar-refractivity contribution in [2.45, 2.75) is 20.0 Å². The second kappa shape index (κ2) is 5.78. The lowest BCUT2D eigenvalue weighted by atomic mass is 9.95. The number of hydrogen-bond donors (Lipinski definition) is 1. The van der Waals surface area contributed by atoms with Crippen LogP contribution >= 0.6 is 0 Å². The number of ketones is 1. The molecule has 1 atom stereocenters. The third-order valence-electron chi connectivity index (χ3n) is 4.19. The number of carbonyl (C=O) groups excluding carboxylic acids is 1. The lowest BCUT2D eigenvalue weighted by Crippen LogP contribution is -2.06. The number of rotatable bonds is 3. The number of carbonyl (C=O) groups is 1. The Morgan fingerprint density at radius 2 is 1.77 bits per heavy atom. The maximum Gasteiger partial charge on any atom is 0.211 e. The number of anilines is 1. The summed E-state index contributed by atoms with van der Waals surface area (Å²) in [5.41, 5.74) is 5.33. The van der Waals surface area contributed by atoms with E-state index in [1.165, 1.54) is 0 Å². The van der Waals surface area contributed by atoms with Crippen molar-refractivity contribution in [3.05, 3.63) is 70.9 Å². The number of Topliss-reactive ketones (excluding diaryl/α,β-unsaturated/α-hetero) is 1. The number of benzene rings is 2. The minimum absolute atomic E-state index is 0.0226. The molecule has 0 aliphatic carbocycles. The van der Waals surface area contributed by atoms with Crippen molar-refractivity contribution in [2.75, 3.05) is 12.4 Å². The van der Waals surface area contributed by atoms with Crippen molar-refractivity contribution in [1.82, 2.24) is 0 Å². The first-order chi connectivity index (χ1) is 10.6. The van der Waals surface area contributed by atoms with Gasteiger partial charge in [-0.05, 0) is 42.7 Å². The molecule has 0 saturated heterocycles. The molecule has 22 heavy (non-hydrogen) atoms. The van der Waals surface area contributed by atoms with Crippen LogP contribution in [0.1, 0.15) is 41.4 Å². The number of methoxy groups -OCH3 is 1. The van der Waals surface area contributed by atoms with Gasteiger partial charge in [-0.3, -0.25) is 4.79 Å². The lowest BCUT2D eigenvalue weighted by molar-refractivity contribution is 0.104. The molecule has 1 heterocycles. The summed E-state index contributed by atoms with van der Waals surface area (Å²) in [6.45, 7) is 3.99. The Balaban J connectivity index is 2.09. The van der Waals surface area contributed by atoms with E-state index in [9.17, 15) is 4.79 Å². The first-order valence-corrected chi connectivity index (χ1v) is 7.37. The van der Waals surface area contributed by atoms with Crippen LogP contribution < -0.4 is 5.32 Å². The fourth-order valence-corrected chi connectivity index (χ4v) is 2.83. The molecular weight excluding hydrogens is 274 g/mol. The van der Waals surface area contributed by atoms with Crippen LogP contribution in [0.2, 0.25) is 0 Å². The van der Waals surface area contributed by atoms with Gasteiger partial charge in [-0.2, -0.15) is 0 Å². The summed E-state index contributed by atoms with van der Waals surface area (Å²) in [7, 11) is 1.69. The molecule has 0 unspecified atom stereocenters. The SMILES string of the molecule is CO[C@@H](C)c1ccccc1/C(C)=C1\Nc2ccccc2C1=O. The van der Waals surface area contributed by atoms with Gasteiger partial charge in [-0.1, -0.05) is 36.4 Å². The van der Waals surface area contributed by atoms with Gasteiger partial charge in [-0.15, -0.1) is 0 Å². The van der Waals surface area contributed by atoms with Crippen molar-refractivity contribution in [2.24, 2.45) is 0 Å². The molecule has 3 rings (SSSR count). The van der Waals surface area contributed by atoms with Gasteiger partial charge in [0.15, 0.2) is 0 Å². The predicted molar refractivity (Wildman–Crippen MR) is 88.9 cm³/mol. The van der Waals surface area contributed by atoms with E-state index in [0.29, 0.717) is 5.70 Å². The molecule has 0 amide bonds. The standard InChI is InChI=1S/C19H19NO2/c1-12(14-8-4-5-9-15(14)13(2)22-3)18-19(21)16-10-6-7-11-17(16)20-18/h4-11,13,20H,1-3H3/b18-12-/t13-/m0/s1. The quantitative estimate of drug-likeness (QED) is 0.851. The number of ether oxygens (including phenoxy) is 1. The van der Waals surface area contributed by atoms with Gasteiger partial charge in [0.2, 0.25) is 5.78 Å². The van der Waals surface area contributed by atoms with Crippen LogP contribution in [0.15, 0.2) is 54.2 Å². The lowest BCUT2D eigenvalue weighted by Gasteiger charge is -2.16. The molecule has 2 aromatic carbocycles. The van der Waals surface area contributed by atoms with Crippen LogP contribution in [0.3, 0.4) is 0 Å². The van der Waals surface area contributed by atoms with Crippen molar-refractivity contribution in [3.8, 4) is 0 Å². The summed E-state index contributed by atoms with van der Waals surface area (Å²) >= 11 is 0. The first-order valence-electron chi connectivity index (χ1n) is 7.37. The number of hydrogen-bond acceptors (Lipinski definition) is 3. The normalized spacial score (nSPS) is 17.0. The Kier molecular flexibility index (Phi) is 3.82. The van der Waals surface area contributed by atoms with Crippen LogP contribution in [0, 0.1) is 0 Å². The zero-order valence-electron chi connectivity index (χ0n) is 13.0. The molecule has 1 aliphatic rings. The largest absolute Gasteiger partial charge is 0.377 e. The molecule has 1 N–H and O–H groups in total. The van der Waals surface area contributed by atoms with Gasteiger partial charge >= 0.3 is 0 Å². The van der Waals surface area contributed by atoms with E-state index in [0.717, 1.165) is 28.0 Å². The molecule has 1 aliphatic heterocycles. The number of nitrogens with one attached hydrogen (secondary N) is 1. The van der Waals surface area contributed by atoms with Crippen molar-refractivity contribution in [1.29, 1.82) is 0 Å². The molecule has 0 radical (unpaired) electrons. The highest BCUT2D eigenvalue weighted by Gasteiger charge is 2.27. The summed E-state index contributed by atoms with van der Waals surface area (Å²) in [5, 5.41) is 3.26. The Morgan fingerprint density at radius 3 is 2.50 bits per heavy atom. The number of para-hydroxylation sites is 1. The average Bonchev–Trinajstić information content (AvgIpc) is 2.91. The highest BCUT2D eigenvalue weighted by Crippen LogP contribution is 2.34. The van der Waals surface area contributed by atoms with E-state index in [-0.39, 0.29) is 11.9 Å². The van der Waals surface area contributed by atoms with Crippen LogP contribution in [0.25, 0.3) is 5.57 Å². The molecule has 0 aromatic heterocycles. The van der Waals surface area contributed by atoms with Crippen molar-refractivity contribution >= 4 is 17.0 Å². The molecule has 3 heteroatoms. The Hall–Kier alpha value is -2.39. The van der Waals surface area contributed by atoms with Gasteiger partial charge in [-0.25, -0.2) is 0 Å². The fraction of sp³-hybridized carbons (Fsp3) is 0.211. The molecule has 112 valence electrons. The van der Waals surface area contributed by atoms with Gasteiger partial charge in [0.25, 0.3) is 0 Å². The Labute approximate surface area is 130 Å². The average molecular weight is 293 g/mol. The second-order valence-corrected chi connectivity index (χ2v) is 5.46. The van der Waals surface area contributed by atoms with Crippen molar-refractivity contribution in [3.63, 3.8) is 0 Å². The van der Waals surface area contributed by atoms with E-state index in [1.54, 1.807) is 7.11 Å². The highest BCUT2D eigenvalue weighted by molar-refractivity contribution is 6.21. The fourth-order valence-electron chi connectivity index (χ4n) is 2.83. The summed E-state index contributed by atoms with van der Waals surface area (Å²) < 4.78 is 5.45. The predicted octanol–water partition coefficient (Wildman–Crippen LogP) is 4.43. The van der Waals surface area contributed by atoms with E-state index in [1.807, 2.05) is 62.4 Å². The molecule has 0 spiro atoms. The topological polar surface area (TPSA) is 38.3 Å². The zero-order valence-corrected chi connectivity index (χ0v) is 13.0. The molecule has 2 aromatic rings. The summed E-state index contributed by atoms with van der Waals surface area (Å²) in [4.78, 5) is 12.6. The maximum atomic E-state index is 12.6. The number of fused-ring (bicyclic) bond motifs is 1. The van der Waals surface area contributed by atoms with Crippen LogP contribution in [-0.2, 0) is 4.74 Å². The van der Waals surface area contributed by atoms with Gasteiger partial charge < -0.3 is 10.1 Å². The third kappa shape index (κ3) is 2.34. The molecule has 0 bridgehead atoms. The summed E-state index contributed by atoms with van der Waals surface area (Å²) in [5.74, 6) is 0.0490. The maximum absolute atomic E-state index is 12.6. The monoisotopic (exact) mass is 293 g/mol. The van der Waals surface area contributed by atoms with Crippen LogP contribution in [0.5, 0.6) is 0 Å². The minimum Gasteiger partial charge on any atom is -0.377 e. The second-order valence-electron chi connectivity index (χ2n) is 5.46. The molecule has 0 fully saturated rings. The van der Waals surface area contributed by atoms with E-state index >= 15 is 0 Å². The minimum atomic E-state index is -0.0226.